The van der Waals surface area contributed by atoms with E-state index >= 15 is 0 Å². The molecule has 2 aromatic rings. The monoisotopic (exact) mass is 313 g/mol. The average molecular weight is 313 g/mol. The van der Waals surface area contributed by atoms with Gasteiger partial charge < -0.3 is 10.5 Å². The van der Waals surface area contributed by atoms with Crippen molar-refractivity contribution in [1.82, 2.24) is 4.98 Å². The van der Waals surface area contributed by atoms with Crippen LogP contribution < -0.4 is 15.2 Å². The van der Waals surface area contributed by atoms with Crippen molar-refractivity contribution in [2.24, 2.45) is 5.73 Å². The number of thiophene rings is 1. The second kappa shape index (κ2) is 5.78. The molecule has 6 nitrogen and oxygen atoms in total. The van der Waals surface area contributed by atoms with Crippen molar-refractivity contribution in [3.63, 3.8) is 0 Å². The van der Waals surface area contributed by atoms with E-state index in [0.29, 0.717) is 23.0 Å². The number of ether oxygens (including phenoxy) is 1. The smallest absolute Gasteiger partial charge is 0.263 e. The lowest BCUT2D eigenvalue weighted by molar-refractivity contribution is 0.398. The minimum atomic E-state index is -3.63. The van der Waals surface area contributed by atoms with Gasteiger partial charge in [0.05, 0.1) is 19.0 Å². The number of anilines is 1. The van der Waals surface area contributed by atoms with Gasteiger partial charge in [-0.3, -0.25) is 4.72 Å². The Balaban J connectivity index is 2.27. The number of pyridine rings is 1. The second-order valence-corrected chi connectivity index (χ2v) is 7.02. The molecule has 0 aliphatic carbocycles. The van der Waals surface area contributed by atoms with E-state index in [-0.39, 0.29) is 4.90 Å². The number of nitrogens with zero attached hydrogens (tertiary/aromatic N) is 1. The van der Waals surface area contributed by atoms with Crippen molar-refractivity contribution in [1.29, 1.82) is 0 Å². The maximum Gasteiger partial charge on any atom is 0.263 e. The van der Waals surface area contributed by atoms with Crippen molar-refractivity contribution in [2.45, 2.75) is 18.4 Å². The standard InChI is InChI=1S/C12H15N3O3S2/c1-8-11(5-10(6-13)19-8)20(16,17)15-9-3-4-12(18-2)14-7-9/h3-5,7,15H,6,13H2,1-2H3. The molecule has 0 saturated heterocycles. The largest absolute Gasteiger partial charge is 0.481 e. The summed E-state index contributed by atoms with van der Waals surface area (Å²) in [6, 6.07) is 4.78. The first-order chi connectivity index (χ1) is 9.46. The van der Waals surface area contributed by atoms with E-state index in [1.165, 1.54) is 24.6 Å². The number of hydrogen-bond donors (Lipinski definition) is 2. The quantitative estimate of drug-likeness (QED) is 0.876. The molecule has 0 unspecified atom stereocenters. The summed E-state index contributed by atoms with van der Waals surface area (Å²) in [7, 11) is -2.13. The van der Waals surface area contributed by atoms with E-state index in [2.05, 4.69) is 9.71 Å². The normalized spacial score (nSPS) is 11.3. The van der Waals surface area contributed by atoms with Crippen molar-refractivity contribution < 1.29 is 13.2 Å². The summed E-state index contributed by atoms with van der Waals surface area (Å²) in [4.78, 5) is 5.74. The van der Waals surface area contributed by atoms with Crippen LogP contribution in [0.5, 0.6) is 5.88 Å². The van der Waals surface area contributed by atoms with Crippen LogP contribution in [0.1, 0.15) is 9.75 Å². The lowest BCUT2D eigenvalue weighted by atomic mass is 10.4. The molecule has 108 valence electrons. The molecule has 2 heterocycles. The zero-order valence-electron chi connectivity index (χ0n) is 11.1. The van der Waals surface area contributed by atoms with Crippen LogP contribution in [0.4, 0.5) is 5.69 Å². The zero-order chi connectivity index (χ0) is 14.8. The third kappa shape index (κ3) is 3.09. The minimum Gasteiger partial charge on any atom is -0.481 e. The van der Waals surface area contributed by atoms with E-state index in [4.69, 9.17) is 10.5 Å². The van der Waals surface area contributed by atoms with Crippen LogP contribution in [0.3, 0.4) is 0 Å². The van der Waals surface area contributed by atoms with Gasteiger partial charge in [-0.2, -0.15) is 0 Å². The lowest BCUT2D eigenvalue weighted by Crippen LogP contribution is -2.13. The zero-order valence-corrected chi connectivity index (χ0v) is 12.7. The molecule has 0 saturated carbocycles. The van der Waals surface area contributed by atoms with Crippen LogP contribution in [-0.2, 0) is 16.6 Å². The van der Waals surface area contributed by atoms with Crippen molar-refractivity contribution in [2.75, 3.05) is 11.8 Å². The number of aryl methyl sites for hydroxylation is 1. The molecular weight excluding hydrogens is 298 g/mol. The van der Waals surface area contributed by atoms with E-state index in [1.54, 1.807) is 25.1 Å². The number of sulfonamides is 1. The molecule has 2 aromatic heterocycles. The first-order valence-electron chi connectivity index (χ1n) is 5.78. The fourth-order valence-corrected chi connectivity index (χ4v) is 4.22. The van der Waals surface area contributed by atoms with Gasteiger partial charge in [-0.15, -0.1) is 11.3 Å². The number of hydrogen-bond acceptors (Lipinski definition) is 6. The Morgan fingerprint density at radius 1 is 1.45 bits per heavy atom. The molecule has 0 aliphatic rings. The molecule has 0 aliphatic heterocycles. The summed E-state index contributed by atoms with van der Waals surface area (Å²) in [5.41, 5.74) is 5.91. The summed E-state index contributed by atoms with van der Waals surface area (Å²) in [6.07, 6.45) is 1.40. The van der Waals surface area contributed by atoms with Crippen LogP contribution in [0.25, 0.3) is 0 Å². The van der Waals surface area contributed by atoms with Gasteiger partial charge in [0.15, 0.2) is 0 Å². The number of nitrogens with one attached hydrogen (secondary N) is 1. The highest BCUT2D eigenvalue weighted by Gasteiger charge is 2.19. The summed E-state index contributed by atoms with van der Waals surface area (Å²) in [5.74, 6) is 0.421. The molecule has 8 heteroatoms. The number of aromatic nitrogens is 1. The van der Waals surface area contributed by atoms with Gasteiger partial charge in [0, 0.05) is 22.4 Å². The summed E-state index contributed by atoms with van der Waals surface area (Å²) in [6.45, 7) is 2.08. The molecule has 0 spiro atoms. The maximum absolute atomic E-state index is 12.3. The van der Waals surface area contributed by atoms with Gasteiger partial charge >= 0.3 is 0 Å². The maximum atomic E-state index is 12.3. The SMILES string of the molecule is COc1ccc(NS(=O)(=O)c2cc(CN)sc2C)cn1. The molecule has 20 heavy (non-hydrogen) atoms. The molecule has 0 amide bonds. The highest BCUT2D eigenvalue weighted by molar-refractivity contribution is 7.93. The van der Waals surface area contributed by atoms with Gasteiger partial charge in [0.2, 0.25) is 5.88 Å². The number of methoxy groups -OCH3 is 1. The Hall–Kier alpha value is -1.64. The topological polar surface area (TPSA) is 94.3 Å². The van der Waals surface area contributed by atoms with E-state index in [9.17, 15) is 8.42 Å². The first kappa shape index (κ1) is 14.8. The Kier molecular flexibility index (Phi) is 4.26. The van der Waals surface area contributed by atoms with E-state index in [0.717, 1.165) is 4.88 Å². The molecule has 0 bridgehead atoms. The molecule has 0 fully saturated rings. The minimum absolute atomic E-state index is 0.249. The third-order valence-corrected chi connectivity index (χ3v) is 5.32. The van der Waals surface area contributed by atoms with Crippen LogP contribution in [-0.4, -0.2) is 20.5 Å². The predicted molar refractivity (Wildman–Crippen MR) is 78.5 cm³/mol. The van der Waals surface area contributed by atoms with Crippen LogP contribution >= 0.6 is 11.3 Å². The molecular formula is C12H15N3O3S2. The summed E-state index contributed by atoms with van der Waals surface area (Å²) >= 11 is 1.38. The predicted octanol–water partition coefficient (Wildman–Crippen LogP) is 1.72. The molecule has 2 rings (SSSR count). The fraction of sp³-hybridized carbons (Fsp3) is 0.250. The Morgan fingerprint density at radius 2 is 2.20 bits per heavy atom. The molecule has 0 radical (unpaired) electrons. The van der Waals surface area contributed by atoms with E-state index in [1.807, 2.05) is 0 Å². The third-order valence-electron chi connectivity index (χ3n) is 2.61. The number of nitrogens with two attached hydrogens (primary N) is 1. The van der Waals surface area contributed by atoms with Gasteiger partial charge in [0.25, 0.3) is 10.0 Å². The summed E-state index contributed by atoms with van der Waals surface area (Å²) in [5, 5.41) is 0. The Bertz CT molecular complexity index is 693. The molecule has 0 atom stereocenters. The number of rotatable bonds is 5. The Morgan fingerprint density at radius 3 is 2.70 bits per heavy atom. The van der Waals surface area contributed by atoms with Crippen LogP contribution in [0, 0.1) is 6.92 Å². The highest BCUT2D eigenvalue weighted by Crippen LogP contribution is 2.27. The van der Waals surface area contributed by atoms with Gasteiger partial charge in [-0.25, -0.2) is 13.4 Å². The fourth-order valence-electron chi connectivity index (χ4n) is 1.66. The van der Waals surface area contributed by atoms with Gasteiger partial charge in [0.1, 0.15) is 4.90 Å². The average Bonchev–Trinajstić information content (AvgIpc) is 2.81. The second-order valence-electron chi connectivity index (χ2n) is 4.03. The first-order valence-corrected chi connectivity index (χ1v) is 8.08. The van der Waals surface area contributed by atoms with Crippen molar-refractivity contribution in [3.8, 4) is 5.88 Å². The van der Waals surface area contributed by atoms with Crippen LogP contribution in [0.15, 0.2) is 29.3 Å². The van der Waals surface area contributed by atoms with Crippen molar-refractivity contribution in [3.05, 3.63) is 34.2 Å². The Labute approximate surface area is 121 Å². The van der Waals surface area contributed by atoms with E-state index < -0.39 is 10.0 Å². The molecule has 3 N–H and O–H groups in total. The van der Waals surface area contributed by atoms with Crippen molar-refractivity contribution >= 4 is 27.0 Å². The highest BCUT2D eigenvalue weighted by atomic mass is 32.2. The van der Waals surface area contributed by atoms with Gasteiger partial charge in [-0.05, 0) is 19.1 Å². The summed E-state index contributed by atoms with van der Waals surface area (Å²) < 4.78 is 32.0. The van der Waals surface area contributed by atoms with Crippen LogP contribution in [0.2, 0.25) is 0 Å². The van der Waals surface area contributed by atoms with Gasteiger partial charge in [-0.1, -0.05) is 0 Å². The lowest BCUT2D eigenvalue weighted by Gasteiger charge is -2.07. The molecule has 0 aromatic carbocycles.